The number of allylic oxidation sites excluding steroid dienone is 4. The van der Waals surface area contributed by atoms with Gasteiger partial charge in [0, 0.05) is 5.57 Å². The van der Waals surface area contributed by atoms with E-state index in [1.807, 2.05) is 0 Å². The van der Waals surface area contributed by atoms with Crippen LogP contribution in [0.1, 0.15) is 12.8 Å². The highest BCUT2D eigenvalue weighted by Crippen LogP contribution is 2.31. The molecule has 0 saturated heterocycles. The zero-order chi connectivity index (χ0) is 7.14. The van der Waals surface area contributed by atoms with Crippen molar-refractivity contribution in [2.24, 2.45) is 0 Å². The fourth-order valence-electron chi connectivity index (χ4n) is 1.15. The maximum Gasteiger partial charge on any atom is 0.229 e. The van der Waals surface area contributed by atoms with Crippen LogP contribution in [0.15, 0.2) is 17.2 Å². The maximum absolute atomic E-state index is 10.9. The average Bonchev–Trinajstić information content (AvgIpc) is 1.82. The molecule has 0 aromatic rings. The van der Waals surface area contributed by atoms with Gasteiger partial charge in [-0.2, -0.15) is 0 Å². The van der Waals surface area contributed by atoms with Crippen molar-refractivity contribution < 1.29 is 9.59 Å². The third-order valence-electron chi connectivity index (χ3n) is 1.86. The Kier molecular flexibility index (Phi) is 0.926. The Labute approximate surface area is 58.2 Å². The quantitative estimate of drug-likeness (QED) is 0.358. The second-order valence-electron chi connectivity index (χ2n) is 2.44. The van der Waals surface area contributed by atoms with Crippen molar-refractivity contribution in [1.29, 1.82) is 0 Å². The molecule has 0 aliphatic heterocycles. The molecule has 10 heavy (non-hydrogen) atoms. The van der Waals surface area contributed by atoms with Crippen LogP contribution in [0.3, 0.4) is 0 Å². The minimum atomic E-state index is -0.418. The van der Waals surface area contributed by atoms with Gasteiger partial charge in [-0.1, -0.05) is 0 Å². The van der Waals surface area contributed by atoms with Gasteiger partial charge >= 0.3 is 0 Å². The van der Waals surface area contributed by atoms with Crippen LogP contribution in [0.2, 0.25) is 0 Å². The summed E-state index contributed by atoms with van der Waals surface area (Å²) < 4.78 is 0. The summed E-state index contributed by atoms with van der Waals surface area (Å²) in [5, 5.41) is 0. The normalized spacial score (nSPS) is 22.8. The Balaban J connectivity index is 2.48. The zero-order valence-electron chi connectivity index (χ0n) is 5.31. The Morgan fingerprint density at radius 2 is 2.10 bits per heavy atom. The van der Waals surface area contributed by atoms with Gasteiger partial charge in [0.25, 0.3) is 0 Å². The number of carbonyl (C=O) groups is 2. The van der Waals surface area contributed by atoms with Gasteiger partial charge in [-0.05, 0) is 30.6 Å². The SMILES string of the molecule is O=C1C=[C]C2=C(CC2)C1=O. The molecule has 0 aromatic carbocycles. The van der Waals surface area contributed by atoms with Gasteiger partial charge in [-0.25, -0.2) is 0 Å². The molecule has 0 unspecified atom stereocenters. The summed E-state index contributed by atoms with van der Waals surface area (Å²) in [5.74, 6) is -0.738. The summed E-state index contributed by atoms with van der Waals surface area (Å²) in [5.41, 5.74) is 1.62. The molecular formula is C8H5O2. The minimum Gasteiger partial charge on any atom is -0.286 e. The molecule has 0 saturated carbocycles. The zero-order valence-corrected chi connectivity index (χ0v) is 5.31. The molecule has 0 bridgehead atoms. The Morgan fingerprint density at radius 1 is 1.30 bits per heavy atom. The predicted molar refractivity (Wildman–Crippen MR) is 34.1 cm³/mol. The Morgan fingerprint density at radius 3 is 2.60 bits per heavy atom. The van der Waals surface area contributed by atoms with E-state index in [1.165, 1.54) is 6.08 Å². The monoisotopic (exact) mass is 133 g/mol. The van der Waals surface area contributed by atoms with E-state index in [-0.39, 0.29) is 5.78 Å². The number of hydrogen-bond donors (Lipinski definition) is 0. The molecule has 0 aromatic heterocycles. The lowest BCUT2D eigenvalue weighted by atomic mass is 9.81. The van der Waals surface area contributed by atoms with Gasteiger partial charge < -0.3 is 0 Å². The van der Waals surface area contributed by atoms with Crippen molar-refractivity contribution in [3.63, 3.8) is 0 Å². The number of carbonyl (C=O) groups excluding carboxylic acids is 2. The van der Waals surface area contributed by atoms with Crippen molar-refractivity contribution in [1.82, 2.24) is 0 Å². The van der Waals surface area contributed by atoms with Crippen LogP contribution in [0.5, 0.6) is 0 Å². The number of rotatable bonds is 0. The fourth-order valence-corrected chi connectivity index (χ4v) is 1.15. The second-order valence-corrected chi connectivity index (χ2v) is 2.44. The molecule has 2 heteroatoms. The molecule has 2 nitrogen and oxygen atoms in total. The van der Waals surface area contributed by atoms with Crippen LogP contribution >= 0.6 is 0 Å². The summed E-state index contributed by atoms with van der Waals surface area (Å²) in [4.78, 5) is 21.6. The maximum atomic E-state index is 10.9. The smallest absolute Gasteiger partial charge is 0.229 e. The van der Waals surface area contributed by atoms with Crippen molar-refractivity contribution in [3.8, 4) is 0 Å². The van der Waals surface area contributed by atoms with Crippen LogP contribution in [0, 0.1) is 6.08 Å². The van der Waals surface area contributed by atoms with E-state index in [0.29, 0.717) is 5.57 Å². The molecule has 0 atom stereocenters. The summed E-state index contributed by atoms with van der Waals surface area (Å²) in [6.07, 6.45) is 5.69. The molecule has 1 radical (unpaired) electrons. The predicted octanol–water partition coefficient (Wildman–Crippen LogP) is 0.588. The van der Waals surface area contributed by atoms with Gasteiger partial charge in [-0.15, -0.1) is 0 Å². The van der Waals surface area contributed by atoms with E-state index in [4.69, 9.17) is 0 Å². The first-order valence-corrected chi connectivity index (χ1v) is 3.19. The molecule has 0 spiro atoms. The van der Waals surface area contributed by atoms with Crippen LogP contribution in [-0.4, -0.2) is 11.6 Å². The largest absolute Gasteiger partial charge is 0.286 e. The third-order valence-corrected chi connectivity index (χ3v) is 1.86. The van der Waals surface area contributed by atoms with Crippen molar-refractivity contribution in [2.75, 3.05) is 0 Å². The van der Waals surface area contributed by atoms with Gasteiger partial charge in [0.05, 0.1) is 0 Å². The number of hydrogen-bond acceptors (Lipinski definition) is 2. The van der Waals surface area contributed by atoms with Crippen LogP contribution in [0.25, 0.3) is 0 Å². The first-order chi connectivity index (χ1) is 4.79. The van der Waals surface area contributed by atoms with E-state index in [0.717, 1.165) is 18.4 Å². The van der Waals surface area contributed by atoms with Crippen molar-refractivity contribution in [3.05, 3.63) is 23.3 Å². The molecule has 0 fully saturated rings. The summed E-state index contributed by atoms with van der Waals surface area (Å²) in [7, 11) is 0. The van der Waals surface area contributed by atoms with E-state index in [2.05, 4.69) is 6.08 Å². The van der Waals surface area contributed by atoms with Crippen molar-refractivity contribution >= 4 is 11.6 Å². The molecular weight excluding hydrogens is 128 g/mol. The molecule has 0 N–H and O–H groups in total. The van der Waals surface area contributed by atoms with Gasteiger partial charge in [-0.3, -0.25) is 9.59 Å². The number of ketones is 2. The van der Waals surface area contributed by atoms with E-state index >= 15 is 0 Å². The summed E-state index contributed by atoms with van der Waals surface area (Å²) in [6.45, 7) is 0. The first-order valence-electron chi connectivity index (χ1n) is 3.19. The second kappa shape index (κ2) is 1.66. The van der Waals surface area contributed by atoms with Gasteiger partial charge in [0.2, 0.25) is 11.6 Å². The lowest BCUT2D eigenvalue weighted by Crippen LogP contribution is -2.23. The van der Waals surface area contributed by atoms with Crippen LogP contribution in [-0.2, 0) is 9.59 Å². The lowest BCUT2D eigenvalue weighted by Gasteiger charge is -2.21. The summed E-state index contributed by atoms with van der Waals surface area (Å²) >= 11 is 0. The van der Waals surface area contributed by atoms with Crippen LogP contribution < -0.4 is 0 Å². The van der Waals surface area contributed by atoms with Gasteiger partial charge in [0.1, 0.15) is 0 Å². The first kappa shape index (κ1) is 5.59. The topological polar surface area (TPSA) is 34.1 Å². The highest BCUT2D eigenvalue weighted by molar-refractivity contribution is 6.48. The highest BCUT2D eigenvalue weighted by atomic mass is 16.2. The van der Waals surface area contributed by atoms with E-state index in [1.54, 1.807) is 0 Å². The fraction of sp³-hybridized carbons (Fsp3) is 0.250. The van der Waals surface area contributed by atoms with Crippen LogP contribution in [0.4, 0.5) is 0 Å². The Bertz CT molecular complexity index is 282. The van der Waals surface area contributed by atoms with Gasteiger partial charge in [0.15, 0.2) is 0 Å². The third kappa shape index (κ3) is 0.533. The minimum absolute atomic E-state index is 0.319. The molecule has 2 aliphatic carbocycles. The van der Waals surface area contributed by atoms with E-state index in [9.17, 15) is 9.59 Å². The molecule has 0 heterocycles. The average molecular weight is 133 g/mol. The lowest BCUT2D eigenvalue weighted by molar-refractivity contribution is -0.132. The van der Waals surface area contributed by atoms with E-state index < -0.39 is 5.78 Å². The highest BCUT2D eigenvalue weighted by Gasteiger charge is 2.28. The summed E-state index contributed by atoms with van der Waals surface area (Å²) in [6, 6.07) is 0. The van der Waals surface area contributed by atoms with Crippen molar-refractivity contribution in [2.45, 2.75) is 12.8 Å². The number of Topliss-reactive ketones (excluding diaryl/α,β-unsaturated/α-hetero) is 1. The standard InChI is InChI=1S/C8H5O2/c9-7-4-2-5-1-3-6(5)8(7)10/h4H,1,3H2. The molecule has 2 aliphatic rings. The molecule has 0 amide bonds. The molecule has 2 rings (SSSR count). The molecule has 49 valence electrons. The Hall–Kier alpha value is -1.18.